The second kappa shape index (κ2) is 6.61. The topological polar surface area (TPSA) is 90.6 Å². The van der Waals surface area contributed by atoms with E-state index in [-0.39, 0.29) is 17.0 Å². The van der Waals surface area contributed by atoms with Crippen molar-refractivity contribution in [3.8, 4) is 0 Å². The molecule has 1 amide bonds. The van der Waals surface area contributed by atoms with Crippen molar-refractivity contribution in [1.82, 2.24) is 5.32 Å². The van der Waals surface area contributed by atoms with Gasteiger partial charge in [-0.05, 0) is 18.2 Å². The van der Waals surface area contributed by atoms with Gasteiger partial charge in [-0.3, -0.25) is 4.79 Å². The van der Waals surface area contributed by atoms with Crippen molar-refractivity contribution in [2.75, 3.05) is 33.1 Å². The number of carbonyl (C=O) groups is 2. The molecule has 1 rings (SSSR count). The fourth-order valence-corrected chi connectivity index (χ4v) is 1.36. The zero-order valence-corrected chi connectivity index (χ0v) is 10.4. The van der Waals surface area contributed by atoms with Crippen molar-refractivity contribution in [3.05, 3.63) is 29.3 Å². The molecular formula is C12H16N2O4. The van der Waals surface area contributed by atoms with E-state index in [0.717, 1.165) is 0 Å². The number of benzene rings is 1. The lowest BCUT2D eigenvalue weighted by atomic mass is 10.1. The molecule has 6 nitrogen and oxygen atoms in total. The normalized spacial score (nSPS) is 9.89. The van der Waals surface area contributed by atoms with Gasteiger partial charge in [-0.15, -0.1) is 0 Å². The van der Waals surface area contributed by atoms with Gasteiger partial charge in [0.25, 0.3) is 5.91 Å². The van der Waals surface area contributed by atoms with Crippen molar-refractivity contribution < 1.29 is 19.1 Å². The number of nitrogens with one attached hydrogen (secondary N) is 1. The second-order valence-corrected chi connectivity index (χ2v) is 3.54. The highest BCUT2D eigenvalue weighted by molar-refractivity contribution is 6.02. The van der Waals surface area contributed by atoms with E-state index < -0.39 is 5.97 Å². The quantitative estimate of drug-likeness (QED) is 0.450. The van der Waals surface area contributed by atoms with Crippen LogP contribution in [0.25, 0.3) is 0 Å². The third-order valence-electron chi connectivity index (χ3n) is 2.31. The SMILES string of the molecule is COCCNC(=O)c1cc(C(=O)OC)ccc1N. The summed E-state index contributed by atoms with van der Waals surface area (Å²) in [6, 6.07) is 4.41. The molecule has 1 aromatic carbocycles. The van der Waals surface area contributed by atoms with Gasteiger partial charge in [-0.2, -0.15) is 0 Å². The number of rotatable bonds is 5. The standard InChI is InChI=1S/C12H16N2O4/c1-17-6-5-14-11(15)9-7-8(12(16)18-2)3-4-10(9)13/h3-4,7H,5-6,13H2,1-2H3,(H,14,15). The Morgan fingerprint density at radius 2 is 2.06 bits per heavy atom. The molecule has 18 heavy (non-hydrogen) atoms. The first-order valence-corrected chi connectivity index (χ1v) is 5.35. The molecular weight excluding hydrogens is 236 g/mol. The highest BCUT2D eigenvalue weighted by atomic mass is 16.5. The number of carbonyl (C=O) groups excluding carboxylic acids is 2. The second-order valence-electron chi connectivity index (χ2n) is 3.54. The molecule has 0 saturated heterocycles. The Labute approximate surface area is 105 Å². The van der Waals surface area contributed by atoms with E-state index in [9.17, 15) is 9.59 Å². The van der Waals surface area contributed by atoms with Crippen LogP contribution < -0.4 is 11.1 Å². The van der Waals surface area contributed by atoms with Crippen LogP contribution in [0.15, 0.2) is 18.2 Å². The monoisotopic (exact) mass is 252 g/mol. The maximum atomic E-state index is 11.8. The van der Waals surface area contributed by atoms with Crippen LogP contribution in [0.3, 0.4) is 0 Å². The Balaban J connectivity index is 2.86. The van der Waals surface area contributed by atoms with Crippen LogP contribution in [0.1, 0.15) is 20.7 Å². The zero-order valence-electron chi connectivity index (χ0n) is 10.4. The minimum atomic E-state index is -0.513. The average molecular weight is 252 g/mol. The molecule has 1 aromatic rings. The number of methoxy groups -OCH3 is 2. The van der Waals surface area contributed by atoms with Gasteiger partial charge in [0.05, 0.1) is 24.8 Å². The summed E-state index contributed by atoms with van der Waals surface area (Å²) < 4.78 is 9.40. The van der Waals surface area contributed by atoms with E-state index in [0.29, 0.717) is 18.8 Å². The van der Waals surface area contributed by atoms with Crippen LogP contribution in [0, 0.1) is 0 Å². The van der Waals surface area contributed by atoms with Gasteiger partial charge in [0, 0.05) is 19.3 Å². The van der Waals surface area contributed by atoms with Crippen molar-refractivity contribution in [3.63, 3.8) is 0 Å². The molecule has 0 aliphatic carbocycles. The molecule has 0 heterocycles. The third-order valence-corrected chi connectivity index (χ3v) is 2.31. The summed E-state index contributed by atoms with van der Waals surface area (Å²) in [5, 5.41) is 2.63. The summed E-state index contributed by atoms with van der Waals surface area (Å²) in [6.45, 7) is 0.777. The van der Waals surface area contributed by atoms with E-state index in [1.54, 1.807) is 7.11 Å². The lowest BCUT2D eigenvalue weighted by molar-refractivity contribution is 0.0601. The van der Waals surface area contributed by atoms with Crippen LogP contribution >= 0.6 is 0 Å². The van der Waals surface area contributed by atoms with Gasteiger partial charge < -0.3 is 20.5 Å². The highest BCUT2D eigenvalue weighted by Crippen LogP contribution is 2.14. The molecule has 0 atom stereocenters. The number of nitrogen functional groups attached to an aromatic ring is 1. The maximum absolute atomic E-state index is 11.8. The first-order chi connectivity index (χ1) is 8.60. The summed E-state index contributed by atoms with van der Waals surface area (Å²) in [7, 11) is 2.81. The van der Waals surface area contributed by atoms with Crippen LogP contribution in [-0.2, 0) is 9.47 Å². The largest absolute Gasteiger partial charge is 0.465 e. The van der Waals surface area contributed by atoms with E-state index >= 15 is 0 Å². The predicted octanol–water partition coefficient (Wildman–Crippen LogP) is 0.432. The Kier molecular flexibility index (Phi) is 5.13. The minimum absolute atomic E-state index is 0.244. The van der Waals surface area contributed by atoms with Gasteiger partial charge in [-0.25, -0.2) is 4.79 Å². The Hall–Kier alpha value is -2.08. The molecule has 0 unspecified atom stereocenters. The van der Waals surface area contributed by atoms with E-state index in [4.69, 9.17) is 10.5 Å². The van der Waals surface area contributed by atoms with Gasteiger partial charge in [0.1, 0.15) is 0 Å². The van der Waals surface area contributed by atoms with E-state index in [1.807, 2.05) is 0 Å². The molecule has 0 saturated carbocycles. The number of amides is 1. The number of esters is 1. The number of hydrogen-bond donors (Lipinski definition) is 2. The number of hydrogen-bond acceptors (Lipinski definition) is 5. The fraction of sp³-hybridized carbons (Fsp3) is 0.333. The predicted molar refractivity (Wildman–Crippen MR) is 66.4 cm³/mol. The smallest absolute Gasteiger partial charge is 0.337 e. The number of nitrogens with two attached hydrogens (primary N) is 1. The van der Waals surface area contributed by atoms with Gasteiger partial charge in [0.2, 0.25) is 0 Å². The molecule has 0 radical (unpaired) electrons. The van der Waals surface area contributed by atoms with Crippen molar-refractivity contribution in [2.45, 2.75) is 0 Å². The van der Waals surface area contributed by atoms with Crippen molar-refractivity contribution >= 4 is 17.6 Å². The molecule has 0 bridgehead atoms. The van der Waals surface area contributed by atoms with Gasteiger partial charge in [-0.1, -0.05) is 0 Å². The lowest BCUT2D eigenvalue weighted by Gasteiger charge is -2.08. The first-order valence-electron chi connectivity index (χ1n) is 5.35. The van der Waals surface area contributed by atoms with Gasteiger partial charge in [0.15, 0.2) is 0 Å². The van der Waals surface area contributed by atoms with Crippen LogP contribution in [-0.4, -0.2) is 39.2 Å². The summed E-state index contributed by atoms with van der Waals surface area (Å²) >= 11 is 0. The summed E-state index contributed by atoms with van der Waals surface area (Å²) in [6.07, 6.45) is 0. The Morgan fingerprint density at radius 1 is 1.33 bits per heavy atom. The summed E-state index contributed by atoms with van der Waals surface area (Å²) in [4.78, 5) is 23.1. The molecule has 0 aromatic heterocycles. The molecule has 3 N–H and O–H groups in total. The average Bonchev–Trinajstić information content (AvgIpc) is 2.38. The molecule has 0 spiro atoms. The highest BCUT2D eigenvalue weighted by Gasteiger charge is 2.13. The molecule has 0 aliphatic rings. The van der Waals surface area contributed by atoms with Gasteiger partial charge >= 0.3 is 5.97 Å². The maximum Gasteiger partial charge on any atom is 0.337 e. The molecule has 6 heteroatoms. The molecule has 0 fully saturated rings. The van der Waals surface area contributed by atoms with Crippen molar-refractivity contribution in [1.29, 1.82) is 0 Å². The van der Waals surface area contributed by atoms with E-state index in [2.05, 4.69) is 10.1 Å². The minimum Gasteiger partial charge on any atom is -0.465 e. The molecule has 0 aliphatic heterocycles. The molecule has 98 valence electrons. The van der Waals surface area contributed by atoms with Crippen molar-refractivity contribution in [2.24, 2.45) is 0 Å². The zero-order chi connectivity index (χ0) is 13.5. The van der Waals surface area contributed by atoms with E-state index in [1.165, 1.54) is 25.3 Å². The Morgan fingerprint density at radius 3 is 2.67 bits per heavy atom. The Bertz CT molecular complexity index is 446. The van der Waals surface area contributed by atoms with Crippen LogP contribution in [0.2, 0.25) is 0 Å². The fourth-order valence-electron chi connectivity index (χ4n) is 1.36. The number of anilines is 1. The first kappa shape index (κ1) is 14.0. The number of ether oxygens (including phenoxy) is 2. The lowest BCUT2D eigenvalue weighted by Crippen LogP contribution is -2.27. The third kappa shape index (κ3) is 3.46. The van der Waals surface area contributed by atoms with Crippen LogP contribution in [0.4, 0.5) is 5.69 Å². The summed E-state index contributed by atoms with van der Waals surface area (Å²) in [5.74, 6) is -0.865. The summed E-state index contributed by atoms with van der Waals surface area (Å²) in [5.41, 5.74) is 6.52. The van der Waals surface area contributed by atoms with Crippen LogP contribution in [0.5, 0.6) is 0 Å².